The minimum atomic E-state index is -1.30. The van der Waals surface area contributed by atoms with Crippen LogP contribution in [0.2, 0.25) is 0 Å². The lowest BCUT2D eigenvalue weighted by Crippen LogP contribution is -2.41. The van der Waals surface area contributed by atoms with Crippen LogP contribution in [0.3, 0.4) is 0 Å². The van der Waals surface area contributed by atoms with E-state index in [0.717, 1.165) is 19.3 Å². The summed E-state index contributed by atoms with van der Waals surface area (Å²) in [6, 6.07) is 7.54. The summed E-state index contributed by atoms with van der Waals surface area (Å²) in [5, 5.41) is 9.22. The molecule has 0 unspecified atom stereocenters. The van der Waals surface area contributed by atoms with Gasteiger partial charge in [-0.1, -0.05) is 12.1 Å². The molecule has 2 rings (SSSR count). The molecule has 0 N–H and O–H groups in total. The normalized spacial score (nSPS) is 16.6. The number of likely N-dealkylation sites (tertiary alicyclic amines) is 1. The van der Waals surface area contributed by atoms with E-state index < -0.39 is 17.6 Å². The standard InChI is InChI=1S/C18H19FN2O2/c1-13(14-5-7-15(19)8-6-14)11-17(22)16(12-20)18(23)21-9-3-2-4-10-21/h5-8,11,16H,2-4,9-10H2,1H3/b13-11-/t16-/m0/s1. The molecule has 1 aromatic rings. The number of nitrogens with zero attached hydrogens (tertiary/aromatic N) is 2. The van der Waals surface area contributed by atoms with Crippen molar-refractivity contribution < 1.29 is 14.0 Å². The quantitative estimate of drug-likeness (QED) is 0.634. The predicted molar refractivity (Wildman–Crippen MR) is 84.6 cm³/mol. The highest BCUT2D eigenvalue weighted by atomic mass is 19.1. The number of carbonyl (C=O) groups excluding carboxylic acids is 2. The van der Waals surface area contributed by atoms with Crippen molar-refractivity contribution in [3.05, 3.63) is 41.7 Å². The molecule has 23 heavy (non-hydrogen) atoms. The van der Waals surface area contributed by atoms with Crippen LogP contribution in [0, 0.1) is 23.1 Å². The first kappa shape index (κ1) is 16.9. The number of piperidine rings is 1. The minimum Gasteiger partial charge on any atom is -0.341 e. The largest absolute Gasteiger partial charge is 0.341 e. The van der Waals surface area contributed by atoms with Gasteiger partial charge in [-0.15, -0.1) is 0 Å². The summed E-state index contributed by atoms with van der Waals surface area (Å²) in [5.74, 6) is -2.60. The zero-order valence-electron chi connectivity index (χ0n) is 13.1. The Morgan fingerprint density at radius 3 is 2.39 bits per heavy atom. The molecule has 0 bridgehead atoms. The van der Waals surface area contributed by atoms with E-state index in [0.29, 0.717) is 24.2 Å². The van der Waals surface area contributed by atoms with Crippen LogP contribution in [0.1, 0.15) is 31.7 Å². The molecule has 0 saturated carbocycles. The van der Waals surface area contributed by atoms with Gasteiger partial charge in [0.15, 0.2) is 11.7 Å². The second-order valence-corrected chi connectivity index (χ2v) is 5.68. The minimum absolute atomic E-state index is 0.358. The molecular formula is C18H19FN2O2. The van der Waals surface area contributed by atoms with Gasteiger partial charge in [0.05, 0.1) is 6.07 Å². The number of hydrogen-bond donors (Lipinski definition) is 0. The second kappa shape index (κ2) is 7.68. The molecule has 1 aromatic carbocycles. The van der Waals surface area contributed by atoms with Crippen molar-refractivity contribution in [2.24, 2.45) is 5.92 Å². The van der Waals surface area contributed by atoms with E-state index in [1.807, 2.05) is 6.07 Å². The summed E-state index contributed by atoms with van der Waals surface area (Å²) in [5.41, 5.74) is 1.28. The third kappa shape index (κ3) is 4.26. The Morgan fingerprint density at radius 1 is 1.22 bits per heavy atom. The Labute approximate surface area is 135 Å². The monoisotopic (exact) mass is 314 g/mol. The topological polar surface area (TPSA) is 61.2 Å². The summed E-state index contributed by atoms with van der Waals surface area (Å²) in [6.07, 6.45) is 4.17. The Bertz CT molecular complexity index is 653. The molecular weight excluding hydrogens is 295 g/mol. The predicted octanol–water partition coefficient (Wildman–Crippen LogP) is 2.95. The number of halogens is 1. The summed E-state index contributed by atoms with van der Waals surface area (Å²) in [7, 11) is 0. The Hall–Kier alpha value is -2.48. The summed E-state index contributed by atoms with van der Waals surface area (Å²) < 4.78 is 12.9. The van der Waals surface area contributed by atoms with Crippen molar-refractivity contribution in [2.75, 3.05) is 13.1 Å². The van der Waals surface area contributed by atoms with E-state index in [-0.39, 0.29) is 5.82 Å². The van der Waals surface area contributed by atoms with Crippen LogP contribution in [0.25, 0.3) is 5.57 Å². The number of rotatable bonds is 4. The van der Waals surface area contributed by atoms with Crippen molar-refractivity contribution in [2.45, 2.75) is 26.2 Å². The first-order valence-electron chi connectivity index (χ1n) is 7.69. The van der Waals surface area contributed by atoms with Crippen LogP contribution in [0.15, 0.2) is 30.3 Å². The van der Waals surface area contributed by atoms with Gasteiger partial charge in [-0.25, -0.2) is 4.39 Å². The molecule has 1 saturated heterocycles. The Morgan fingerprint density at radius 2 is 1.83 bits per heavy atom. The van der Waals surface area contributed by atoms with Crippen LogP contribution >= 0.6 is 0 Å². The third-order valence-corrected chi connectivity index (χ3v) is 3.99. The fourth-order valence-electron chi connectivity index (χ4n) is 2.63. The smallest absolute Gasteiger partial charge is 0.247 e. The SMILES string of the molecule is C/C(=C/C(=O)[C@H](C#N)C(=O)N1CCCCC1)c1ccc(F)cc1. The fourth-order valence-corrected chi connectivity index (χ4v) is 2.63. The zero-order chi connectivity index (χ0) is 16.8. The fraction of sp³-hybridized carbons (Fsp3) is 0.389. The molecule has 4 nitrogen and oxygen atoms in total. The van der Waals surface area contributed by atoms with E-state index in [1.54, 1.807) is 24.0 Å². The molecule has 0 aromatic heterocycles. The van der Waals surface area contributed by atoms with Crippen LogP contribution < -0.4 is 0 Å². The van der Waals surface area contributed by atoms with Gasteiger partial charge in [-0.05, 0) is 55.5 Å². The molecule has 5 heteroatoms. The van der Waals surface area contributed by atoms with Gasteiger partial charge in [0.2, 0.25) is 5.91 Å². The van der Waals surface area contributed by atoms with Gasteiger partial charge < -0.3 is 4.90 Å². The molecule has 0 aliphatic carbocycles. The molecule has 1 atom stereocenters. The molecule has 0 spiro atoms. The van der Waals surface area contributed by atoms with E-state index in [1.165, 1.54) is 18.2 Å². The maximum Gasteiger partial charge on any atom is 0.247 e. The van der Waals surface area contributed by atoms with Crippen molar-refractivity contribution in [1.82, 2.24) is 4.90 Å². The molecule has 120 valence electrons. The molecule has 1 aliphatic heterocycles. The molecule has 1 heterocycles. The van der Waals surface area contributed by atoms with Gasteiger partial charge >= 0.3 is 0 Å². The lowest BCUT2D eigenvalue weighted by molar-refractivity contribution is -0.138. The second-order valence-electron chi connectivity index (χ2n) is 5.68. The molecule has 1 aliphatic rings. The number of hydrogen-bond acceptors (Lipinski definition) is 3. The highest BCUT2D eigenvalue weighted by Gasteiger charge is 2.30. The average Bonchev–Trinajstić information content (AvgIpc) is 2.56. The molecule has 1 amide bonds. The lowest BCUT2D eigenvalue weighted by atomic mass is 9.98. The summed E-state index contributed by atoms with van der Waals surface area (Å²) >= 11 is 0. The number of nitriles is 1. The van der Waals surface area contributed by atoms with E-state index in [2.05, 4.69) is 0 Å². The van der Waals surface area contributed by atoms with Crippen LogP contribution in [0.4, 0.5) is 4.39 Å². The number of carbonyl (C=O) groups is 2. The van der Waals surface area contributed by atoms with Crippen LogP contribution in [0.5, 0.6) is 0 Å². The number of benzene rings is 1. The maximum atomic E-state index is 12.9. The number of ketones is 1. The average molecular weight is 314 g/mol. The maximum absolute atomic E-state index is 12.9. The highest BCUT2D eigenvalue weighted by molar-refractivity contribution is 6.11. The van der Waals surface area contributed by atoms with Gasteiger partial charge in [0.25, 0.3) is 0 Å². The lowest BCUT2D eigenvalue weighted by Gasteiger charge is -2.27. The molecule has 1 fully saturated rings. The van der Waals surface area contributed by atoms with Gasteiger partial charge in [-0.2, -0.15) is 5.26 Å². The third-order valence-electron chi connectivity index (χ3n) is 3.99. The van der Waals surface area contributed by atoms with E-state index in [9.17, 15) is 19.2 Å². The number of allylic oxidation sites excluding steroid dienone is 2. The van der Waals surface area contributed by atoms with E-state index >= 15 is 0 Å². The van der Waals surface area contributed by atoms with Crippen molar-refractivity contribution in [3.63, 3.8) is 0 Å². The van der Waals surface area contributed by atoms with E-state index in [4.69, 9.17) is 0 Å². The summed E-state index contributed by atoms with van der Waals surface area (Å²) in [4.78, 5) is 26.2. The summed E-state index contributed by atoms with van der Waals surface area (Å²) in [6.45, 7) is 2.90. The van der Waals surface area contributed by atoms with Gasteiger partial charge in [0.1, 0.15) is 5.82 Å². The zero-order valence-corrected chi connectivity index (χ0v) is 13.1. The first-order valence-corrected chi connectivity index (χ1v) is 7.69. The van der Waals surface area contributed by atoms with Crippen molar-refractivity contribution in [1.29, 1.82) is 5.26 Å². The van der Waals surface area contributed by atoms with Crippen molar-refractivity contribution >= 4 is 17.3 Å². The van der Waals surface area contributed by atoms with Gasteiger partial charge in [-0.3, -0.25) is 9.59 Å². The van der Waals surface area contributed by atoms with Crippen LogP contribution in [-0.4, -0.2) is 29.7 Å². The highest BCUT2D eigenvalue weighted by Crippen LogP contribution is 2.17. The molecule has 0 radical (unpaired) electrons. The Balaban J connectivity index is 2.12. The number of amides is 1. The first-order chi connectivity index (χ1) is 11.0. The Kier molecular flexibility index (Phi) is 5.64. The van der Waals surface area contributed by atoms with Gasteiger partial charge in [0, 0.05) is 13.1 Å². The van der Waals surface area contributed by atoms with Crippen LogP contribution in [-0.2, 0) is 9.59 Å². The van der Waals surface area contributed by atoms with Crippen molar-refractivity contribution in [3.8, 4) is 6.07 Å².